The highest BCUT2D eigenvalue weighted by atomic mass is 16.7. The minimum Gasteiger partial charge on any atom is -0.493 e. The van der Waals surface area contributed by atoms with Crippen LogP contribution in [0.3, 0.4) is 0 Å². The van der Waals surface area contributed by atoms with Crippen molar-refractivity contribution in [2.24, 2.45) is 5.92 Å². The van der Waals surface area contributed by atoms with Crippen LogP contribution in [0.1, 0.15) is 30.4 Å². The summed E-state index contributed by atoms with van der Waals surface area (Å²) < 4.78 is 27.7. The lowest BCUT2D eigenvalue weighted by molar-refractivity contribution is -0.131. The number of amides is 1. The van der Waals surface area contributed by atoms with Crippen molar-refractivity contribution >= 4 is 5.91 Å². The molecule has 0 radical (unpaired) electrons. The number of nitrogens with zero attached hydrogens (tertiary/aromatic N) is 2. The number of hydrogen-bond donors (Lipinski definition) is 0. The highest BCUT2D eigenvalue weighted by Crippen LogP contribution is 2.37. The predicted octanol–water partition coefficient (Wildman–Crippen LogP) is 3.25. The van der Waals surface area contributed by atoms with E-state index in [1.165, 1.54) is 18.4 Å². The van der Waals surface area contributed by atoms with Crippen LogP contribution in [0.2, 0.25) is 0 Å². The fourth-order valence-corrected chi connectivity index (χ4v) is 5.53. The van der Waals surface area contributed by atoms with Gasteiger partial charge in [0, 0.05) is 32.2 Å². The van der Waals surface area contributed by atoms with Gasteiger partial charge in [-0.3, -0.25) is 4.79 Å². The minimum absolute atomic E-state index is 0.219. The number of carbonyl (C=O) groups is 1. The monoisotopic (exact) mass is 480 g/mol. The van der Waals surface area contributed by atoms with E-state index < -0.39 is 0 Å². The van der Waals surface area contributed by atoms with Gasteiger partial charge in [-0.15, -0.1) is 0 Å². The Morgan fingerprint density at radius 2 is 1.69 bits per heavy atom. The molecular weight excluding hydrogens is 448 g/mol. The number of piperidine rings is 1. The van der Waals surface area contributed by atoms with Gasteiger partial charge in [-0.05, 0) is 73.5 Å². The van der Waals surface area contributed by atoms with Crippen molar-refractivity contribution < 1.29 is 28.5 Å². The zero-order chi connectivity index (χ0) is 23.6. The normalized spacial score (nSPS) is 21.1. The van der Waals surface area contributed by atoms with Gasteiger partial charge < -0.3 is 33.5 Å². The summed E-state index contributed by atoms with van der Waals surface area (Å²) in [6.45, 7) is 5.97. The Balaban J connectivity index is 0.970. The molecule has 2 aromatic rings. The van der Waals surface area contributed by atoms with Gasteiger partial charge in [-0.1, -0.05) is 0 Å². The van der Waals surface area contributed by atoms with Gasteiger partial charge in [0.05, 0.1) is 13.0 Å². The molecule has 0 aliphatic carbocycles. The van der Waals surface area contributed by atoms with E-state index in [4.69, 9.17) is 23.7 Å². The van der Waals surface area contributed by atoms with Gasteiger partial charge >= 0.3 is 0 Å². The summed E-state index contributed by atoms with van der Waals surface area (Å²) in [5.41, 5.74) is 2.28. The number of rotatable bonds is 7. The molecule has 0 saturated carbocycles. The molecule has 1 fully saturated rings. The van der Waals surface area contributed by atoms with E-state index in [2.05, 4.69) is 15.9 Å². The van der Waals surface area contributed by atoms with Crippen molar-refractivity contribution in [1.82, 2.24) is 9.80 Å². The summed E-state index contributed by atoms with van der Waals surface area (Å²) in [5.74, 6) is 4.63. The third kappa shape index (κ3) is 4.98. The molecule has 1 amide bonds. The van der Waals surface area contributed by atoms with E-state index in [9.17, 15) is 4.79 Å². The first-order valence-electron chi connectivity index (χ1n) is 12.7. The number of benzene rings is 2. The predicted molar refractivity (Wildman–Crippen MR) is 128 cm³/mol. The largest absolute Gasteiger partial charge is 0.493 e. The van der Waals surface area contributed by atoms with Crippen molar-refractivity contribution in [2.75, 3.05) is 52.9 Å². The average Bonchev–Trinajstić information content (AvgIpc) is 3.50. The second-order valence-corrected chi connectivity index (χ2v) is 9.77. The summed E-state index contributed by atoms with van der Waals surface area (Å²) in [6.07, 6.45) is 4.63. The van der Waals surface area contributed by atoms with Crippen molar-refractivity contribution in [3.05, 3.63) is 41.5 Å². The van der Waals surface area contributed by atoms with E-state index in [0.717, 1.165) is 79.9 Å². The molecule has 8 nitrogen and oxygen atoms in total. The Morgan fingerprint density at radius 3 is 2.54 bits per heavy atom. The van der Waals surface area contributed by atoms with Crippen LogP contribution in [0.25, 0.3) is 0 Å². The molecule has 4 aliphatic heterocycles. The minimum atomic E-state index is 0.219. The van der Waals surface area contributed by atoms with Crippen LogP contribution in [0.4, 0.5) is 0 Å². The first kappa shape index (κ1) is 22.3. The summed E-state index contributed by atoms with van der Waals surface area (Å²) in [5, 5.41) is 0. The number of hydrogen-bond acceptors (Lipinski definition) is 7. The standard InChI is InChI=1S/C27H32N2O6/c30-27-13-21-12-25-24(33-18-34-25)11-20(21)6-9-29(27)16-19-3-1-7-28(15-19)8-2-10-31-22-4-5-23-26(14-22)35-17-32-23/h4-5,11-12,14,19H,1-3,6-10,13,15-18H2. The molecule has 6 rings (SSSR count). The Labute approximate surface area is 205 Å². The van der Waals surface area contributed by atoms with E-state index in [1.807, 2.05) is 24.3 Å². The molecule has 0 N–H and O–H groups in total. The first-order valence-corrected chi connectivity index (χ1v) is 12.7. The van der Waals surface area contributed by atoms with Gasteiger partial charge in [0.15, 0.2) is 23.0 Å². The SMILES string of the molecule is O=C1Cc2cc3c(cc2CCN1CC1CCCN(CCCOc2ccc4c(c2)OCO4)C1)OCO3. The molecule has 2 aromatic carbocycles. The lowest BCUT2D eigenvalue weighted by atomic mass is 9.97. The molecular formula is C27H32N2O6. The van der Waals surface area contributed by atoms with Gasteiger partial charge in [0.25, 0.3) is 0 Å². The Hall–Kier alpha value is -3.13. The Bertz CT molecular complexity index is 1090. The fourth-order valence-electron chi connectivity index (χ4n) is 5.53. The molecule has 0 spiro atoms. The molecule has 1 saturated heterocycles. The highest BCUT2D eigenvalue weighted by Gasteiger charge is 2.28. The van der Waals surface area contributed by atoms with Crippen molar-refractivity contribution in [1.29, 1.82) is 0 Å². The maximum absolute atomic E-state index is 13.1. The van der Waals surface area contributed by atoms with Crippen LogP contribution >= 0.6 is 0 Å². The maximum atomic E-state index is 13.1. The highest BCUT2D eigenvalue weighted by molar-refractivity contribution is 5.80. The van der Waals surface area contributed by atoms with E-state index in [1.54, 1.807) is 0 Å². The zero-order valence-electron chi connectivity index (χ0n) is 20.0. The summed E-state index contributed by atoms with van der Waals surface area (Å²) in [6, 6.07) is 9.76. The van der Waals surface area contributed by atoms with E-state index in [-0.39, 0.29) is 19.5 Å². The molecule has 4 heterocycles. The van der Waals surface area contributed by atoms with Crippen LogP contribution in [-0.2, 0) is 17.6 Å². The van der Waals surface area contributed by atoms with E-state index in [0.29, 0.717) is 18.9 Å². The van der Waals surface area contributed by atoms with Gasteiger partial charge in [0.2, 0.25) is 19.5 Å². The van der Waals surface area contributed by atoms with Crippen molar-refractivity contribution in [3.8, 4) is 28.7 Å². The van der Waals surface area contributed by atoms with Crippen LogP contribution < -0.4 is 23.7 Å². The molecule has 4 aliphatic rings. The molecule has 8 heteroatoms. The molecule has 186 valence electrons. The van der Waals surface area contributed by atoms with Gasteiger partial charge in [-0.2, -0.15) is 0 Å². The third-order valence-corrected chi connectivity index (χ3v) is 7.35. The Morgan fingerprint density at radius 1 is 0.914 bits per heavy atom. The van der Waals surface area contributed by atoms with Crippen LogP contribution in [0.15, 0.2) is 30.3 Å². The molecule has 0 aromatic heterocycles. The van der Waals surface area contributed by atoms with Gasteiger partial charge in [0.1, 0.15) is 5.75 Å². The zero-order valence-corrected chi connectivity index (χ0v) is 20.0. The molecule has 1 atom stereocenters. The fraction of sp³-hybridized carbons (Fsp3) is 0.519. The molecule has 35 heavy (non-hydrogen) atoms. The lowest BCUT2D eigenvalue weighted by Crippen LogP contribution is -2.43. The van der Waals surface area contributed by atoms with Crippen molar-refractivity contribution in [3.63, 3.8) is 0 Å². The number of carbonyl (C=O) groups excluding carboxylic acids is 1. The number of likely N-dealkylation sites (tertiary alicyclic amines) is 1. The maximum Gasteiger partial charge on any atom is 0.231 e. The number of fused-ring (bicyclic) bond motifs is 3. The van der Waals surface area contributed by atoms with Crippen LogP contribution in [-0.4, -0.2) is 68.6 Å². The van der Waals surface area contributed by atoms with E-state index >= 15 is 0 Å². The quantitative estimate of drug-likeness (QED) is 0.564. The average molecular weight is 481 g/mol. The van der Waals surface area contributed by atoms with Gasteiger partial charge in [-0.25, -0.2) is 0 Å². The van der Waals surface area contributed by atoms with Crippen LogP contribution in [0, 0.1) is 5.92 Å². The smallest absolute Gasteiger partial charge is 0.231 e. The summed E-state index contributed by atoms with van der Waals surface area (Å²) in [7, 11) is 0. The molecule has 0 bridgehead atoms. The number of ether oxygens (including phenoxy) is 5. The molecule has 1 unspecified atom stereocenters. The lowest BCUT2D eigenvalue weighted by Gasteiger charge is -2.35. The summed E-state index contributed by atoms with van der Waals surface area (Å²) >= 11 is 0. The summed E-state index contributed by atoms with van der Waals surface area (Å²) in [4.78, 5) is 17.7. The second-order valence-electron chi connectivity index (χ2n) is 9.77. The first-order chi connectivity index (χ1) is 17.2. The third-order valence-electron chi connectivity index (χ3n) is 7.35. The van der Waals surface area contributed by atoms with Crippen LogP contribution in [0.5, 0.6) is 28.7 Å². The second kappa shape index (κ2) is 9.85. The Kier molecular flexibility index (Phi) is 6.29. The topological polar surface area (TPSA) is 69.7 Å². The van der Waals surface area contributed by atoms with Crippen molar-refractivity contribution in [2.45, 2.75) is 32.1 Å².